The van der Waals surface area contributed by atoms with E-state index in [-0.39, 0.29) is 11.2 Å². The van der Waals surface area contributed by atoms with Gasteiger partial charge in [0.2, 0.25) is 11.1 Å². The standard InChI is InChI=1S/C19H17N5OS2/c1-12(17(25)22-18-14(11-20)9-10-26-18)27-19-21-16(13-7-8-13)24(23-19)15-5-3-2-4-6-15/h2-6,9-10,12-13H,7-8H2,1H3,(H,22,25). The van der Waals surface area contributed by atoms with Gasteiger partial charge in [0.15, 0.2) is 0 Å². The van der Waals surface area contributed by atoms with Gasteiger partial charge in [0, 0.05) is 5.92 Å². The summed E-state index contributed by atoms with van der Waals surface area (Å²) >= 11 is 2.67. The first-order valence-corrected chi connectivity index (χ1v) is 10.4. The number of hydrogen-bond donors (Lipinski definition) is 1. The summed E-state index contributed by atoms with van der Waals surface area (Å²) in [5, 5.41) is 19.1. The lowest BCUT2D eigenvalue weighted by atomic mass is 10.3. The minimum Gasteiger partial charge on any atom is -0.316 e. The van der Waals surface area contributed by atoms with E-state index in [2.05, 4.69) is 21.5 Å². The minimum absolute atomic E-state index is 0.164. The van der Waals surface area contributed by atoms with E-state index >= 15 is 0 Å². The molecule has 1 N–H and O–H groups in total. The van der Waals surface area contributed by atoms with Crippen LogP contribution in [-0.2, 0) is 4.79 Å². The van der Waals surface area contributed by atoms with Crippen molar-refractivity contribution in [1.29, 1.82) is 5.26 Å². The van der Waals surface area contributed by atoms with Crippen LogP contribution >= 0.6 is 23.1 Å². The third-order valence-corrected chi connectivity index (χ3v) is 6.01. The van der Waals surface area contributed by atoms with Crippen LogP contribution in [-0.4, -0.2) is 25.9 Å². The third kappa shape index (κ3) is 3.89. The summed E-state index contributed by atoms with van der Waals surface area (Å²) in [6, 6.07) is 13.7. The van der Waals surface area contributed by atoms with Crippen molar-refractivity contribution in [3.05, 3.63) is 53.2 Å². The van der Waals surface area contributed by atoms with Crippen molar-refractivity contribution in [2.24, 2.45) is 0 Å². The number of anilines is 1. The zero-order chi connectivity index (χ0) is 18.8. The molecule has 136 valence electrons. The highest BCUT2D eigenvalue weighted by Crippen LogP contribution is 2.40. The molecular formula is C19H17N5OS2. The molecule has 27 heavy (non-hydrogen) atoms. The quantitative estimate of drug-likeness (QED) is 0.633. The van der Waals surface area contributed by atoms with E-state index in [1.54, 1.807) is 11.4 Å². The summed E-state index contributed by atoms with van der Waals surface area (Å²) in [5.74, 6) is 1.24. The number of nitrogens with zero attached hydrogens (tertiary/aromatic N) is 4. The molecule has 0 radical (unpaired) electrons. The van der Waals surface area contributed by atoms with Crippen LogP contribution in [0, 0.1) is 11.3 Å². The van der Waals surface area contributed by atoms with E-state index in [0.29, 0.717) is 21.6 Å². The number of benzene rings is 1. The number of aromatic nitrogens is 3. The predicted octanol–water partition coefficient (Wildman–Crippen LogP) is 4.20. The zero-order valence-corrected chi connectivity index (χ0v) is 16.3. The van der Waals surface area contributed by atoms with Crippen molar-refractivity contribution < 1.29 is 4.79 Å². The number of carbonyl (C=O) groups is 1. The molecule has 2 heterocycles. The van der Waals surface area contributed by atoms with Crippen LogP contribution in [0.2, 0.25) is 0 Å². The molecule has 3 aromatic rings. The number of rotatable bonds is 6. The van der Waals surface area contributed by atoms with Crippen LogP contribution in [0.1, 0.15) is 37.1 Å². The molecule has 1 unspecified atom stereocenters. The van der Waals surface area contributed by atoms with Crippen LogP contribution in [0.25, 0.3) is 5.69 Å². The van der Waals surface area contributed by atoms with Gasteiger partial charge in [-0.15, -0.1) is 16.4 Å². The van der Waals surface area contributed by atoms with Crippen molar-refractivity contribution >= 4 is 34.0 Å². The highest BCUT2D eigenvalue weighted by molar-refractivity contribution is 8.00. The molecule has 1 saturated carbocycles. The van der Waals surface area contributed by atoms with Crippen molar-refractivity contribution in [2.45, 2.75) is 36.1 Å². The number of thiophene rings is 1. The van der Waals surface area contributed by atoms with Crippen molar-refractivity contribution in [2.75, 3.05) is 5.32 Å². The van der Waals surface area contributed by atoms with Gasteiger partial charge in [-0.05, 0) is 43.3 Å². The Labute approximate surface area is 165 Å². The number of hydrogen-bond acceptors (Lipinski definition) is 6. The monoisotopic (exact) mass is 395 g/mol. The summed E-state index contributed by atoms with van der Waals surface area (Å²) in [4.78, 5) is 17.2. The van der Waals surface area contributed by atoms with Gasteiger partial charge in [-0.1, -0.05) is 30.0 Å². The number of thioether (sulfide) groups is 1. The summed E-state index contributed by atoms with van der Waals surface area (Å²) in [5.41, 5.74) is 1.46. The van der Waals surface area contributed by atoms with E-state index in [4.69, 9.17) is 5.26 Å². The Balaban J connectivity index is 1.51. The lowest BCUT2D eigenvalue weighted by Crippen LogP contribution is -2.22. The number of para-hydroxylation sites is 1. The van der Waals surface area contributed by atoms with Gasteiger partial charge in [0.1, 0.15) is 16.9 Å². The Morgan fingerprint density at radius 1 is 1.37 bits per heavy atom. The molecule has 1 aliphatic carbocycles. The molecular weight excluding hydrogens is 378 g/mol. The number of carbonyl (C=O) groups excluding carboxylic acids is 1. The van der Waals surface area contributed by atoms with Gasteiger partial charge in [-0.2, -0.15) is 5.26 Å². The Morgan fingerprint density at radius 3 is 2.85 bits per heavy atom. The first kappa shape index (κ1) is 17.8. The Bertz CT molecular complexity index is 1000. The van der Waals surface area contributed by atoms with Crippen molar-refractivity contribution in [3.63, 3.8) is 0 Å². The lowest BCUT2D eigenvalue weighted by Gasteiger charge is -2.08. The van der Waals surface area contributed by atoms with E-state index < -0.39 is 0 Å². The molecule has 1 aromatic carbocycles. The lowest BCUT2D eigenvalue weighted by molar-refractivity contribution is -0.115. The predicted molar refractivity (Wildman–Crippen MR) is 106 cm³/mol. The smallest absolute Gasteiger partial charge is 0.238 e. The molecule has 2 aromatic heterocycles. The average Bonchev–Trinajstić information content (AvgIpc) is 3.29. The second-order valence-electron chi connectivity index (χ2n) is 6.30. The fourth-order valence-electron chi connectivity index (χ4n) is 2.64. The van der Waals surface area contributed by atoms with E-state index in [9.17, 15) is 4.79 Å². The zero-order valence-electron chi connectivity index (χ0n) is 14.6. The summed E-state index contributed by atoms with van der Waals surface area (Å²) in [6.45, 7) is 1.82. The summed E-state index contributed by atoms with van der Waals surface area (Å²) in [6.07, 6.45) is 2.25. The van der Waals surface area contributed by atoms with Crippen LogP contribution in [0.15, 0.2) is 46.9 Å². The van der Waals surface area contributed by atoms with Crippen LogP contribution in [0.4, 0.5) is 5.00 Å². The van der Waals surface area contributed by atoms with Crippen LogP contribution in [0.5, 0.6) is 0 Å². The molecule has 0 spiro atoms. The van der Waals surface area contributed by atoms with Gasteiger partial charge in [-0.25, -0.2) is 9.67 Å². The Kier molecular flexibility index (Phi) is 4.97. The number of nitrogens with one attached hydrogen (secondary N) is 1. The highest BCUT2D eigenvalue weighted by atomic mass is 32.2. The third-order valence-electron chi connectivity index (χ3n) is 4.23. The first-order chi connectivity index (χ1) is 13.2. The fraction of sp³-hybridized carbons (Fsp3) is 0.263. The Morgan fingerprint density at radius 2 is 2.15 bits per heavy atom. The molecule has 1 fully saturated rings. The summed E-state index contributed by atoms with van der Waals surface area (Å²) < 4.78 is 1.89. The maximum atomic E-state index is 12.5. The van der Waals surface area contributed by atoms with Crippen LogP contribution < -0.4 is 5.32 Å². The van der Waals surface area contributed by atoms with Gasteiger partial charge in [0.25, 0.3) is 0 Å². The second-order valence-corrected chi connectivity index (χ2v) is 8.52. The van der Waals surface area contributed by atoms with E-state index in [0.717, 1.165) is 24.4 Å². The van der Waals surface area contributed by atoms with E-state index in [1.807, 2.05) is 41.9 Å². The Hall–Kier alpha value is -2.63. The molecule has 1 amide bonds. The van der Waals surface area contributed by atoms with Gasteiger partial charge in [-0.3, -0.25) is 4.79 Å². The number of amides is 1. The molecule has 0 saturated heterocycles. The molecule has 0 bridgehead atoms. The maximum absolute atomic E-state index is 12.5. The fourth-order valence-corrected chi connectivity index (χ4v) is 4.14. The van der Waals surface area contributed by atoms with Crippen LogP contribution in [0.3, 0.4) is 0 Å². The maximum Gasteiger partial charge on any atom is 0.238 e. The minimum atomic E-state index is -0.377. The molecule has 6 nitrogen and oxygen atoms in total. The average molecular weight is 396 g/mol. The molecule has 8 heteroatoms. The normalized spacial score (nSPS) is 14.5. The van der Waals surface area contributed by atoms with Gasteiger partial charge >= 0.3 is 0 Å². The first-order valence-electron chi connectivity index (χ1n) is 8.63. The SMILES string of the molecule is CC(Sc1nc(C2CC2)n(-c2ccccc2)n1)C(=O)Nc1sccc1C#N. The van der Waals surface area contributed by atoms with Crippen molar-refractivity contribution in [1.82, 2.24) is 14.8 Å². The highest BCUT2D eigenvalue weighted by Gasteiger charge is 2.31. The van der Waals surface area contributed by atoms with E-state index in [1.165, 1.54) is 23.1 Å². The molecule has 4 rings (SSSR count). The van der Waals surface area contributed by atoms with Gasteiger partial charge < -0.3 is 5.32 Å². The number of nitriles is 1. The molecule has 0 aliphatic heterocycles. The largest absolute Gasteiger partial charge is 0.316 e. The summed E-state index contributed by atoms with van der Waals surface area (Å²) in [7, 11) is 0. The second kappa shape index (κ2) is 7.55. The topological polar surface area (TPSA) is 83.6 Å². The van der Waals surface area contributed by atoms with Gasteiger partial charge in [0.05, 0.1) is 16.5 Å². The molecule has 1 atom stereocenters. The molecule has 1 aliphatic rings. The van der Waals surface area contributed by atoms with Crippen molar-refractivity contribution in [3.8, 4) is 11.8 Å².